The standard InChI is InChI=1S/C13H17F3N2O3/c14-13(15,16)11-9-10(18(20)21)5-6-12(11)17-7-3-1-2-4-8-19/h5-6,9,17,19H,1-4,7-8H2. The van der Waals surface area contributed by atoms with Gasteiger partial charge in [0.15, 0.2) is 0 Å². The Hall–Kier alpha value is -1.83. The van der Waals surface area contributed by atoms with Crippen molar-refractivity contribution in [1.29, 1.82) is 0 Å². The number of rotatable bonds is 8. The summed E-state index contributed by atoms with van der Waals surface area (Å²) in [6, 6.07) is 2.66. The first-order valence-corrected chi connectivity index (χ1v) is 6.56. The van der Waals surface area contributed by atoms with Gasteiger partial charge in [0, 0.05) is 31.0 Å². The highest BCUT2D eigenvalue weighted by atomic mass is 19.4. The Morgan fingerprint density at radius 3 is 2.43 bits per heavy atom. The summed E-state index contributed by atoms with van der Waals surface area (Å²) in [6.45, 7) is 0.445. The molecule has 0 amide bonds. The number of anilines is 1. The van der Waals surface area contributed by atoms with Gasteiger partial charge in [-0.1, -0.05) is 12.8 Å². The van der Waals surface area contributed by atoms with Crippen molar-refractivity contribution in [3.05, 3.63) is 33.9 Å². The van der Waals surface area contributed by atoms with E-state index in [1.807, 2.05) is 0 Å². The maximum Gasteiger partial charge on any atom is 0.418 e. The lowest BCUT2D eigenvalue weighted by atomic mass is 10.1. The van der Waals surface area contributed by atoms with E-state index >= 15 is 0 Å². The summed E-state index contributed by atoms with van der Waals surface area (Å²) in [5, 5.41) is 21.8. The van der Waals surface area contributed by atoms with Crippen LogP contribution < -0.4 is 5.32 Å². The third kappa shape index (κ3) is 5.58. The molecule has 0 unspecified atom stereocenters. The number of non-ortho nitro benzene ring substituents is 1. The van der Waals surface area contributed by atoms with E-state index in [4.69, 9.17) is 5.11 Å². The quantitative estimate of drug-likeness (QED) is 0.437. The van der Waals surface area contributed by atoms with Gasteiger partial charge in [-0.2, -0.15) is 13.2 Å². The van der Waals surface area contributed by atoms with Crippen molar-refractivity contribution in [3.63, 3.8) is 0 Å². The molecule has 1 aromatic rings. The van der Waals surface area contributed by atoms with Gasteiger partial charge in [-0.05, 0) is 18.9 Å². The highest BCUT2D eigenvalue weighted by Gasteiger charge is 2.35. The molecule has 118 valence electrons. The Morgan fingerprint density at radius 1 is 1.19 bits per heavy atom. The van der Waals surface area contributed by atoms with E-state index in [9.17, 15) is 23.3 Å². The Balaban J connectivity index is 2.70. The van der Waals surface area contributed by atoms with Gasteiger partial charge in [0.2, 0.25) is 0 Å². The lowest BCUT2D eigenvalue weighted by Gasteiger charge is -2.14. The lowest BCUT2D eigenvalue weighted by molar-refractivity contribution is -0.385. The summed E-state index contributed by atoms with van der Waals surface area (Å²) in [7, 11) is 0. The molecule has 0 aliphatic rings. The van der Waals surface area contributed by atoms with Crippen molar-refractivity contribution in [3.8, 4) is 0 Å². The molecular formula is C13H17F3N2O3. The fraction of sp³-hybridized carbons (Fsp3) is 0.538. The van der Waals surface area contributed by atoms with Gasteiger partial charge < -0.3 is 10.4 Å². The molecule has 0 aromatic heterocycles. The number of nitrogens with zero attached hydrogens (tertiary/aromatic N) is 1. The molecule has 0 aliphatic carbocycles. The maximum atomic E-state index is 12.9. The van der Waals surface area contributed by atoms with Crippen LogP contribution in [0.3, 0.4) is 0 Å². The van der Waals surface area contributed by atoms with Gasteiger partial charge in [-0.25, -0.2) is 0 Å². The average molecular weight is 306 g/mol. The largest absolute Gasteiger partial charge is 0.418 e. The van der Waals surface area contributed by atoms with Crippen LogP contribution in [0.2, 0.25) is 0 Å². The molecule has 0 bridgehead atoms. The molecule has 5 nitrogen and oxygen atoms in total. The highest BCUT2D eigenvalue weighted by Crippen LogP contribution is 2.37. The molecule has 0 saturated heterocycles. The predicted octanol–water partition coefficient (Wildman–Crippen LogP) is 3.58. The number of unbranched alkanes of at least 4 members (excludes halogenated alkanes) is 3. The maximum absolute atomic E-state index is 12.9. The number of aliphatic hydroxyl groups is 1. The van der Waals surface area contributed by atoms with E-state index in [-0.39, 0.29) is 12.3 Å². The van der Waals surface area contributed by atoms with Crippen molar-refractivity contribution < 1.29 is 23.2 Å². The third-order valence-corrected chi connectivity index (χ3v) is 2.92. The number of nitrogens with one attached hydrogen (secondary N) is 1. The molecule has 0 atom stereocenters. The lowest BCUT2D eigenvalue weighted by Crippen LogP contribution is -2.12. The average Bonchev–Trinajstić information content (AvgIpc) is 2.41. The third-order valence-electron chi connectivity index (χ3n) is 2.92. The molecule has 1 rings (SSSR count). The molecule has 0 heterocycles. The molecule has 21 heavy (non-hydrogen) atoms. The fourth-order valence-corrected chi connectivity index (χ4v) is 1.85. The monoisotopic (exact) mass is 306 g/mol. The molecule has 1 aromatic carbocycles. The Labute approximate surface area is 119 Å². The van der Waals surface area contributed by atoms with E-state index in [0.717, 1.165) is 25.0 Å². The minimum absolute atomic E-state index is 0.105. The van der Waals surface area contributed by atoms with Crippen LogP contribution in [-0.4, -0.2) is 23.2 Å². The molecule has 8 heteroatoms. The van der Waals surface area contributed by atoms with Crippen molar-refractivity contribution in [2.45, 2.75) is 31.9 Å². The summed E-state index contributed by atoms with van der Waals surface area (Å²) in [6.07, 6.45) is -1.71. The molecule has 2 N–H and O–H groups in total. The molecule has 0 saturated carbocycles. The molecule has 0 fully saturated rings. The van der Waals surface area contributed by atoms with Crippen molar-refractivity contribution in [1.82, 2.24) is 0 Å². The second kappa shape index (κ2) is 7.82. The first kappa shape index (κ1) is 17.2. The summed E-state index contributed by atoms with van der Waals surface area (Å²) >= 11 is 0. The highest BCUT2D eigenvalue weighted by molar-refractivity contribution is 5.57. The van der Waals surface area contributed by atoms with Crippen molar-refractivity contribution in [2.75, 3.05) is 18.5 Å². The number of nitro benzene ring substituents is 1. The van der Waals surface area contributed by atoms with Crippen LogP contribution in [0.5, 0.6) is 0 Å². The Morgan fingerprint density at radius 2 is 1.86 bits per heavy atom. The zero-order valence-corrected chi connectivity index (χ0v) is 11.3. The predicted molar refractivity (Wildman–Crippen MR) is 72.1 cm³/mol. The smallest absolute Gasteiger partial charge is 0.396 e. The summed E-state index contributed by atoms with van der Waals surface area (Å²) in [4.78, 5) is 9.70. The summed E-state index contributed by atoms with van der Waals surface area (Å²) < 4.78 is 38.6. The number of aliphatic hydroxyl groups excluding tert-OH is 1. The normalized spacial score (nSPS) is 11.4. The first-order chi connectivity index (χ1) is 9.86. The first-order valence-electron chi connectivity index (χ1n) is 6.56. The summed E-state index contributed by atoms with van der Waals surface area (Å²) in [5.74, 6) is 0. The van der Waals surface area contributed by atoms with Crippen LogP contribution in [0.4, 0.5) is 24.5 Å². The SMILES string of the molecule is O=[N+]([O-])c1ccc(NCCCCCCO)c(C(F)(F)F)c1. The van der Waals surface area contributed by atoms with Crippen LogP contribution in [0.25, 0.3) is 0 Å². The second-order valence-corrected chi connectivity index (χ2v) is 4.55. The van der Waals surface area contributed by atoms with Crippen LogP contribution >= 0.6 is 0 Å². The van der Waals surface area contributed by atoms with Crippen molar-refractivity contribution >= 4 is 11.4 Å². The second-order valence-electron chi connectivity index (χ2n) is 4.55. The molecule has 0 spiro atoms. The van der Waals surface area contributed by atoms with E-state index in [2.05, 4.69) is 5.32 Å². The zero-order valence-electron chi connectivity index (χ0n) is 11.3. The number of alkyl halides is 3. The van der Waals surface area contributed by atoms with Gasteiger partial charge in [-0.15, -0.1) is 0 Å². The van der Waals surface area contributed by atoms with E-state index < -0.39 is 22.4 Å². The van der Waals surface area contributed by atoms with Crippen LogP contribution in [0.15, 0.2) is 18.2 Å². The number of benzene rings is 1. The van der Waals surface area contributed by atoms with Crippen molar-refractivity contribution in [2.24, 2.45) is 0 Å². The number of halogens is 3. The number of nitro groups is 1. The minimum Gasteiger partial charge on any atom is -0.396 e. The Kier molecular flexibility index (Phi) is 6.41. The molecule has 0 aliphatic heterocycles. The van der Waals surface area contributed by atoms with E-state index in [1.165, 1.54) is 0 Å². The van der Waals surface area contributed by atoms with Crippen LogP contribution in [-0.2, 0) is 6.18 Å². The minimum atomic E-state index is -4.65. The van der Waals surface area contributed by atoms with Gasteiger partial charge in [0.1, 0.15) is 0 Å². The van der Waals surface area contributed by atoms with Crippen LogP contribution in [0.1, 0.15) is 31.2 Å². The Bertz CT molecular complexity index is 478. The van der Waals surface area contributed by atoms with E-state index in [0.29, 0.717) is 25.5 Å². The van der Waals surface area contributed by atoms with Gasteiger partial charge in [-0.3, -0.25) is 10.1 Å². The fourth-order valence-electron chi connectivity index (χ4n) is 1.85. The summed E-state index contributed by atoms with van der Waals surface area (Å²) in [5.41, 5.74) is -1.78. The molecule has 0 radical (unpaired) electrons. The van der Waals surface area contributed by atoms with Gasteiger partial charge in [0.05, 0.1) is 10.5 Å². The number of hydrogen-bond donors (Lipinski definition) is 2. The topological polar surface area (TPSA) is 75.4 Å². The van der Waals surface area contributed by atoms with E-state index in [1.54, 1.807) is 0 Å². The van der Waals surface area contributed by atoms with Gasteiger partial charge >= 0.3 is 6.18 Å². The van der Waals surface area contributed by atoms with Crippen LogP contribution in [0, 0.1) is 10.1 Å². The van der Waals surface area contributed by atoms with Gasteiger partial charge in [0.25, 0.3) is 5.69 Å². The molecular weight excluding hydrogens is 289 g/mol. The number of hydrogen-bond acceptors (Lipinski definition) is 4. The zero-order chi connectivity index (χ0) is 15.9.